The van der Waals surface area contributed by atoms with Crippen molar-refractivity contribution in [3.63, 3.8) is 0 Å². The van der Waals surface area contributed by atoms with Gasteiger partial charge in [-0.25, -0.2) is 0 Å². The Morgan fingerprint density at radius 2 is 2.10 bits per heavy atom. The van der Waals surface area contributed by atoms with E-state index in [2.05, 4.69) is 26.1 Å². The average Bonchev–Trinajstić information content (AvgIpc) is 2.45. The molecule has 5 heteroatoms. The fourth-order valence-corrected chi connectivity index (χ4v) is 2.84. The lowest BCUT2D eigenvalue weighted by Gasteiger charge is -2.55. The van der Waals surface area contributed by atoms with Gasteiger partial charge in [0.2, 0.25) is 5.91 Å². The quantitative estimate of drug-likeness (QED) is 0.624. The Hall–Kier alpha value is -0.650. The summed E-state index contributed by atoms with van der Waals surface area (Å²) in [5.74, 6) is 0.135. The van der Waals surface area contributed by atoms with Crippen LogP contribution in [0.1, 0.15) is 40.0 Å². The van der Waals surface area contributed by atoms with Crippen LogP contribution in [0.25, 0.3) is 0 Å². The Bertz CT molecular complexity index is 321. The summed E-state index contributed by atoms with van der Waals surface area (Å²) in [7, 11) is 3.56. The lowest BCUT2D eigenvalue weighted by molar-refractivity contribution is -0.164. The molecule has 0 aromatic carbocycles. The largest absolute Gasteiger partial charge is 0.383 e. The number of unbranched alkanes of at least 4 members (excludes halogenated alkanes) is 1. The van der Waals surface area contributed by atoms with Gasteiger partial charge in [-0.3, -0.25) is 4.79 Å². The zero-order valence-electron chi connectivity index (χ0n) is 14.3. The summed E-state index contributed by atoms with van der Waals surface area (Å²) in [6.07, 6.45) is 3.47. The molecule has 5 nitrogen and oxygen atoms in total. The van der Waals surface area contributed by atoms with Gasteiger partial charge in [0.05, 0.1) is 19.3 Å². The van der Waals surface area contributed by atoms with E-state index < -0.39 is 0 Å². The molecule has 1 N–H and O–H groups in total. The molecular weight excluding hydrogens is 268 g/mol. The zero-order valence-corrected chi connectivity index (χ0v) is 14.3. The number of nitrogens with one attached hydrogen (secondary N) is 1. The van der Waals surface area contributed by atoms with Gasteiger partial charge in [0.1, 0.15) is 0 Å². The summed E-state index contributed by atoms with van der Waals surface area (Å²) < 4.78 is 10.9. The van der Waals surface area contributed by atoms with Gasteiger partial charge in [-0.2, -0.15) is 0 Å². The molecule has 2 unspecified atom stereocenters. The SMILES string of the molecule is CCCCOC1CC(N(C)C(=O)CNCCOC)C1(C)C. The number of hydrogen-bond donors (Lipinski definition) is 1. The lowest BCUT2D eigenvalue weighted by Crippen LogP contribution is -2.63. The van der Waals surface area contributed by atoms with Crippen LogP contribution in [-0.4, -0.2) is 63.4 Å². The minimum Gasteiger partial charge on any atom is -0.383 e. The predicted octanol–water partition coefficient (Wildman–Crippen LogP) is 1.66. The van der Waals surface area contributed by atoms with Crippen molar-refractivity contribution in [2.45, 2.75) is 52.2 Å². The van der Waals surface area contributed by atoms with E-state index in [-0.39, 0.29) is 23.5 Å². The third-order valence-electron chi connectivity index (χ3n) is 4.56. The van der Waals surface area contributed by atoms with Crippen molar-refractivity contribution in [3.05, 3.63) is 0 Å². The molecule has 0 spiro atoms. The summed E-state index contributed by atoms with van der Waals surface area (Å²) in [5, 5.41) is 3.10. The van der Waals surface area contributed by atoms with Gasteiger partial charge < -0.3 is 19.7 Å². The summed E-state index contributed by atoms with van der Waals surface area (Å²) >= 11 is 0. The molecule has 1 saturated carbocycles. The van der Waals surface area contributed by atoms with E-state index in [9.17, 15) is 4.79 Å². The highest BCUT2D eigenvalue weighted by Crippen LogP contribution is 2.45. The van der Waals surface area contributed by atoms with Gasteiger partial charge in [0.15, 0.2) is 0 Å². The smallest absolute Gasteiger partial charge is 0.236 e. The number of nitrogens with zero attached hydrogens (tertiary/aromatic N) is 1. The summed E-state index contributed by atoms with van der Waals surface area (Å²) in [5.41, 5.74) is 0.0324. The maximum atomic E-state index is 12.2. The molecule has 0 aromatic rings. The van der Waals surface area contributed by atoms with Crippen LogP contribution in [0.3, 0.4) is 0 Å². The Balaban J connectivity index is 2.35. The molecule has 0 saturated heterocycles. The molecule has 124 valence electrons. The van der Waals surface area contributed by atoms with Crippen molar-refractivity contribution in [1.29, 1.82) is 0 Å². The van der Waals surface area contributed by atoms with Crippen LogP contribution in [0, 0.1) is 5.41 Å². The van der Waals surface area contributed by atoms with E-state index in [1.807, 2.05) is 11.9 Å². The van der Waals surface area contributed by atoms with Crippen molar-refractivity contribution in [2.75, 3.05) is 40.5 Å². The highest BCUT2D eigenvalue weighted by molar-refractivity contribution is 5.78. The maximum Gasteiger partial charge on any atom is 0.236 e. The van der Waals surface area contributed by atoms with E-state index in [0.717, 1.165) is 25.9 Å². The van der Waals surface area contributed by atoms with Crippen molar-refractivity contribution in [1.82, 2.24) is 10.2 Å². The lowest BCUT2D eigenvalue weighted by atomic mass is 9.64. The predicted molar refractivity (Wildman–Crippen MR) is 84.3 cm³/mol. The van der Waals surface area contributed by atoms with Crippen LogP contribution in [0.5, 0.6) is 0 Å². The molecule has 1 fully saturated rings. The van der Waals surface area contributed by atoms with Crippen LogP contribution >= 0.6 is 0 Å². The normalized spacial score (nSPS) is 23.7. The number of amides is 1. The van der Waals surface area contributed by atoms with Crippen molar-refractivity contribution >= 4 is 5.91 Å². The van der Waals surface area contributed by atoms with E-state index in [0.29, 0.717) is 19.7 Å². The third-order valence-corrected chi connectivity index (χ3v) is 4.56. The number of rotatable bonds is 10. The van der Waals surface area contributed by atoms with E-state index in [1.54, 1.807) is 7.11 Å². The second-order valence-corrected chi connectivity index (χ2v) is 6.46. The standard InChI is InChI=1S/C16H32N2O3/c1-6-7-9-21-14-11-13(16(14,2)3)18(4)15(19)12-17-8-10-20-5/h13-14,17H,6-12H2,1-5H3. The van der Waals surface area contributed by atoms with Gasteiger partial charge in [-0.1, -0.05) is 27.2 Å². The number of likely N-dealkylation sites (N-methyl/N-ethyl adjacent to an activating group) is 1. The molecule has 1 amide bonds. The molecule has 0 radical (unpaired) electrons. The second-order valence-electron chi connectivity index (χ2n) is 6.46. The Morgan fingerprint density at radius 1 is 1.38 bits per heavy atom. The fourth-order valence-electron chi connectivity index (χ4n) is 2.84. The average molecular weight is 300 g/mol. The Kier molecular flexibility index (Phi) is 7.63. The minimum absolute atomic E-state index is 0.0324. The molecule has 2 atom stereocenters. The van der Waals surface area contributed by atoms with E-state index in [4.69, 9.17) is 9.47 Å². The first kappa shape index (κ1) is 18.4. The highest BCUT2D eigenvalue weighted by Gasteiger charge is 2.51. The number of ether oxygens (including phenoxy) is 2. The van der Waals surface area contributed by atoms with Crippen molar-refractivity contribution in [3.8, 4) is 0 Å². The highest BCUT2D eigenvalue weighted by atomic mass is 16.5. The van der Waals surface area contributed by atoms with Gasteiger partial charge in [0.25, 0.3) is 0 Å². The molecule has 0 aromatic heterocycles. The molecular formula is C16H32N2O3. The first-order valence-corrected chi connectivity index (χ1v) is 8.02. The summed E-state index contributed by atoms with van der Waals surface area (Å²) in [6.45, 7) is 9.08. The minimum atomic E-state index is 0.0324. The first-order valence-electron chi connectivity index (χ1n) is 8.02. The number of carbonyl (C=O) groups excluding carboxylic acids is 1. The second kappa shape index (κ2) is 8.71. The monoisotopic (exact) mass is 300 g/mol. The molecule has 0 bridgehead atoms. The third kappa shape index (κ3) is 4.94. The maximum absolute atomic E-state index is 12.2. The number of methoxy groups -OCH3 is 1. The topological polar surface area (TPSA) is 50.8 Å². The zero-order chi connectivity index (χ0) is 15.9. The van der Waals surface area contributed by atoms with Crippen LogP contribution in [0.4, 0.5) is 0 Å². The van der Waals surface area contributed by atoms with Gasteiger partial charge in [-0.15, -0.1) is 0 Å². The molecule has 0 heterocycles. The van der Waals surface area contributed by atoms with Crippen LogP contribution < -0.4 is 5.32 Å². The molecule has 21 heavy (non-hydrogen) atoms. The van der Waals surface area contributed by atoms with E-state index in [1.165, 1.54) is 0 Å². The van der Waals surface area contributed by atoms with Crippen molar-refractivity contribution < 1.29 is 14.3 Å². The van der Waals surface area contributed by atoms with Crippen LogP contribution in [-0.2, 0) is 14.3 Å². The molecule has 0 aliphatic heterocycles. The summed E-state index contributed by atoms with van der Waals surface area (Å²) in [4.78, 5) is 14.1. The summed E-state index contributed by atoms with van der Waals surface area (Å²) in [6, 6.07) is 0.265. The molecule has 1 aliphatic rings. The number of carbonyl (C=O) groups is 1. The van der Waals surface area contributed by atoms with Gasteiger partial charge in [-0.05, 0) is 12.8 Å². The van der Waals surface area contributed by atoms with Gasteiger partial charge >= 0.3 is 0 Å². The number of hydrogen-bond acceptors (Lipinski definition) is 4. The van der Waals surface area contributed by atoms with Crippen molar-refractivity contribution in [2.24, 2.45) is 5.41 Å². The Labute approximate surface area is 129 Å². The fraction of sp³-hybridized carbons (Fsp3) is 0.938. The van der Waals surface area contributed by atoms with E-state index >= 15 is 0 Å². The van der Waals surface area contributed by atoms with Gasteiger partial charge in [0, 0.05) is 38.8 Å². The molecule has 1 aliphatic carbocycles. The Morgan fingerprint density at radius 3 is 2.67 bits per heavy atom. The molecule has 1 rings (SSSR count). The first-order chi connectivity index (χ1) is 9.95. The van der Waals surface area contributed by atoms with Crippen LogP contribution in [0.15, 0.2) is 0 Å². The van der Waals surface area contributed by atoms with Crippen LogP contribution in [0.2, 0.25) is 0 Å².